The predicted octanol–water partition coefficient (Wildman–Crippen LogP) is 20.9. The zero-order valence-corrected chi connectivity index (χ0v) is 51.1. The number of unbranched alkanes of at least 4 members (excludes halogenated alkanes) is 36. The molecule has 0 heterocycles. The number of rotatable bonds is 61. The molecule has 0 amide bonds. The van der Waals surface area contributed by atoms with Crippen LogP contribution in [0.2, 0.25) is 0 Å². The van der Waals surface area contributed by atoms with E-state index in [2.05, 4.69) is 86.8 Å². The van der Waals surface area contributed by atoms with E-state index in [4.69, 9.17) is 24.3 Å². The second kappa shape index (κ2) is 62.6. The standard InChI is InChI=1S/C67H122NO8P/c1-3-5-7-9-11-13-15-17-19-21-23-24-25-26-27-28-29-30-31-32-33-34-35-36-37-38-39-40-42-44-46-48-50-52-54-56-58-60-67(70)76-65(64-75-77(71,72)74-62-61-68)63-73-66(69)59-57-55-53-51-49-47-45-43-41-22-20-18-16-14-12-10-8-6-4-2/h12,14-15,17-18,20-21,23,25-26,41,43,65H,3-11,13,16,19,22,24,27-40,42,44-64,68H2,1-2H3,(H,71,72)/b14-12-,17-15-,20-18-,23-21-,26-25-,43-41-. The minimum atomic E-state index is -4.39. The monoisotopic (exact) mass is 1100 g/mol. The lowest BCUT2D eigenvalue weighted by Gasteiger charge is -2.19. The first-order valence-corrected chi connectivity index (χ1v) is 33.9. The molecule has 2 atom stereocenters. The summed E-state index contributed by atoms with van der Waals surface area (Å²) in [6.45, 7) is 3.72. The van der Waals surface area contributed by atoms with Crippen molar-refractivity contribution in [3.63, 3.8) is 0 Å². The highest BCUT2D eigenvalue weighted by molar-refractivity contribution is 7.47. The minimum absolute atomic E-state index is 0.0504. The molecule has 2 unspecified atom stereocenters. The van der Waals surface area contributed by atoms with Gasteiger partial charge in [-0.15, -0.1) is 0 Å². The van der Waals surface area contributed by atoms with Gasteiger partial charge in [0, 0.05) is 19.4 Å². The van der Waals surface area contributed by atoms with Crippen LogP contribution >= 0.6 is 7.82 Å². The van der Waals surface area contributed by atoms with Gasteiger partial charge in [0.05, 0.1) is 13.2 Å². The summed E-state index contributed by atoms with van der Waals surface area (Å²) >= 11 is 0. The van der Waals surface area contributed by atoms with E-state index >= 15 is 0 Å². The van der Waals surface area contributed by atoms with Crippen molar-refractivity contribution in [1.29, 1.82) is 0 Å². The lowest BCUT2D eigenvalue weighted by Crippen LogP contribution is -2.29. The second-order valence-corrected chi connectivity index (χ2v) is 23.1. The van der Waals surface area contributed by atoms with Crippen molar-refractivity contribution < 1.29 is 37.6 Å². The summed E-state index contributed by atoms with van der Waals surface area (Å²) in [5.74, 6) is -0.833. The number of carbonyl (C=O) groups excluding carboxylic acids is 2. The molecule has 77 heavy (non-hydrogen) atoms. The van der Waals surface area contributed by atoms with Crippen molar-refractivity contribution in [1.82, 2.24) is 0 Å². The summed E-state index contributed by atoms with van der Waals surface area (Å²) in [4.78, 5) is 35.2. The SMILES string of the molecule is CCCCC/C=C\C/C=C\C/C=C\CCCCCCCCC(=O)OCC(COP(=O)(O)OCCN)OC(=O)CCCCCCCCCCCCCCCCCCCCCCCC/C=C\C/C=C\C/C=C\CCCCCCC. The van der Waals surface area contributed by atoms with Crippen LogP contribution in [0, 0.1) is 0 Å². The molecular formula is C67H122NO8P. The summed E-state index contributed by atoms with van der Waals surface area (Å²) in [6.07, 6.45) is 81.3. The van der Waals surface area contributed by atoms with Gasteiger partial charge in [-0.3, -0.25) is 18.6 Å². The molecule has 10 heteroatoms. The van der Waals surface area contributed by atoms with Gasteiger partial charge in [0.2, 0.25) is 0 Å². The topological polar surface area (TPSA) is 134 Å². The molecule has 448 valence electrons. The Morgan fingerprint density at radius 2 is 0.675 bits per heavy atom. The van der Waals surface area contributed by atoms with Gasteiger partial charge in [0.25, 0.3) is 0 Å². The molecule has 0 bridgehead atoms. The van der Waals surface area contributed by atoms with E-state index in [1.165, 1.54) is 199 Å². The van der Waals surface area contributed by atoms with E-state index in [0.29, 0.717) is 6.42 Å². The third-order valence-electron chi connectivity index (χ3n) is 14.1. The fourth-order valence-corrected chi connectivity index (χ4v) is 10.0. The van der Waals surface area contributed by atoms with Gasteiger partial charge in [0.15, 0.2) is 6.10 Å². The van der Waals surface area contributed by atoms with E-state index in [-0.39, 0.29) is 38.6 Å². The van der Waals surface area contributed by atoms with Crippen LogP contribution in [0.25, 0.3) is 0 Å². The third-order valence-corrected chi connectivity index (χ3v) is 15.0. The van der Waals surface area contributed by atoms with Crippen LogP contribution in [0.4, 0.5) is 0 Å². The third kappa shape index (κ3) is 62.5. The first-order chi connectivity index (χ1) is 37.8. The molecule has 0 aliphatic rings. The molecule has 0 aromatic heterocycles. The van der Waals surface area contributed by atoms with Crippen LogP contribution in [0.3, 0.4) is 0 Å². The van der Waals surface area contributed by atoms with Crippen molar-refractivity contribution in [2.24, 2.45) is 5.73 Å². The van der Waals surface area contributed by atoms with Crippen LogP contribution in [0.5, 0.6) is 0 Å². The molecular weight excluding hydrogens is 978 g/mol. The summed E-state index contributed by atoms with van der Waals surface area (Å²) in [7, 11) is -4.39. The van der Waals surface area contributed by atoms with E-state index < -0.39 is 26.5 Å². The second-order valence-electron chi connectivity index (χ2n) is 21.6. The maximum Gasteiger partial charge on any atom is 0.472 e. The fourth-order valence-electron chi connectivity index (χ4n) is 9.24. The maximum absolute atomic E-state index is 12.7. The number of phosphoric acid groups is 1. The van der Waals surface area contributed by atoms with Crippen molar-refractivity contribution in [2.75, 3.05) is 26.4 Å². The number of ether oxygens (including phenoxy) is 2. The number of esters is 2. The number of phosphoric ester groups is 1. The van der Waals surface area contributed by atoms with Gasteiger partial charge >= 0.3 is 19.8 Å². The lowest BCUT2D eigenvalue weighted by molar-refractivity contribution is -0.161. The molecule has 0 radical (unpaired) electrons. The molecule has 0 aliphatic heterocycles. The first kappa shape index (κ1) is 74.5. The highest BCUT2D eigenvalue weighted by Gasteiger charge is 2.26. The van der Waals surface area contributed by atoms with Crippen molar-refractivity contribution in [3.05, 3.63) is 72.9 Å². The Balaban J connectivity index is 3.84. The van der Waals surface area contributed by atoms with E-state index in [1.54, 1.807) is 0 Å². The van der Waals surface area contributed by atoms with Gasteiger partial charge in [-0.2, -0.15) is 0 Å². The Kier molecular flexibility index (Phi) is 60.6. The number of hydrogen-bond acceptors (Lipinski definition) is 8. The Bertz CT molecular complexity index is 1490. The van der Waals surface area contributed by atoms with Crippen LogP contribution in [0.1, 0.15) is 309 Å². The van der Waals surface area contributed by atoms with Crippen molar-refractivity contribution in [3.8, 4) is 0 Å². The molecule has 0 aromatic carbocycles. The number of hydrogen-bond donors (Lipinski definition) is 2. The summed E-state index contributed by atoms with van der Waals surface area (Å²) in [6, 6.07) is 0. The lowest BCUT2D eigenvalue weighted by atomic mass is 10.0. The maximum atomic E-state index is 12.7. The number of nitrogens with two attached hydrogens (primary N) is 1. The van der Waals surface area contributed by atoms with Gasteiger partial charge in [-0.1, -0.05) is 279 Å². The summed E-state index contributed by atoms with van der Waals surface area (Å²) in [5.41, 5.74) is 5.39. The molecule has 0 rings (SSSR count). The van der Waals surface area contributed by atoms with E-state index in [1.807, 2.05) is 0 Å². The van der Waals surface area contributed by atoms with Gasteiger partial charge in [-0.05, 0) is 89.9 Å². The van der Waals surface area contributed by atoms with Crippen LogP contribution in [-0.2, 0) is 32.7 Å². The fraction of sp³-hybridized carbons (Fsp3) is 0.791. The average molecular weight is 1100 g/mol. The Labute approximate surface area is 475 Å². The number of carbonyl (C=O) groups is 2. The molecule has 0 aliphatic carbocycles. The highest BCUT2D eigenvalue weighted by Crippen LogP contribution is 2.43. The van der Waals surface area contributed by atoms with Gasteiger partial charge in [0.1, 0.15) is 6.61 Å². The first-order valence-electron chi connectivity index (χ1n) is 32.4. The van der Waals surface area contributed by atoms with Crippen LogP contribution < -0.4 is 5.73 Å². The van der Waals surface area contributed by atoms with Gasteiger partial charge in [-0.25, -0.2) is 4.57 Å². The molecule has 0 saturated heterocycles. The highest BCUT2D eigenvalue weighted by atomic mass is 31.2. The van der Waals surface area contributed by atoms with E-state index in [0.717, 1.165) is 77.0 Å². The minimum Gasteiger partial charge on any atom is -0.462 e. The summed E-state index contributed by atoms with van der Waals surface area (Å²) in [5, 5.41) is 0. The zero-order chi connectivity index (χ0) is 55.9. The normalized spacial score (nSPS) is 13.5. The molecule has 0 aromatic rings. The van der Waals surface area contributed by atoms with E-state index in [9.17, 15) is 19.0 Å². The largest absolute Gasteiger partial charge is 0.472 e. The number of allylic oxidation sites excluding steroid dienone is 12. The molecule has 3 N–H and O–H groups in total. The smallest absolute Gasteiger partial charge is 0.462 e. The van der Waals surface area contributed by atoms with Gasteiger partial charge < -0.3 is 20.1 Å². The van der Waals surface area contributed by atoms with Crippen LogP contribution in [-0.4, -0.2) is 49.3 Å². The molecule has 0 fully saturated rings. The summed E-state index contributed by atoms with van der Waals surface area (Å²) < 4.78 is 33.1. The zero-order valence-electron chi connectivity index (χ0n) is 50.2. The molecule has 0 saturated carbocycles. The molecule has 0 spiro atoms. The van der Waals surface area contributed by atoms with Crippen molar-refractivity contribution in [2.45, 2.75) is 315 Å². The Morgan fingerprint density at radius 1 is 0.390 bits per heavy atom. The van der Waals surface area contributed by atoms with Crippen LogP contribution in [0.15, 0.2) is 72.9 Å². The quantitative estimate of drug-likeness (QED) is 0.0264. The van der Waals surface area contributed by atoms with Crippen molar-refractivity contribution >= 4 is 19.8 Å². The Morgan fingerprint density at radius 3 is 1.03 bits per heavy atom. The molecule has 9 nitrogen and oxygen atoms in total. The predicted molar refractivity (Wildman–Crippen MR) is 330 cm³/mol. The average Bonchev–Trinajstić information content (AvgIpc) is 3.42. The Hall–Kier alpha value is -2.55.